The summed E-state index contributed by atoms with van der Waals surface area (Å²) >= 11 is 5.75. The number of benzene rings is 1. The van der Waals surface area contributed by atoms with Crippen LogP contribution in [0.1, 0.15) is 23.2 Å². The molecule has 0 atom stereocenters. The van der Waals surface area contributed by atoms with Gasteiger partial charge in [0.15, 0.2) is 0 Å². The molecule has 2 N–H and O–H groups in total. The summed E-state index contributed by atoms with van der Waals surface area (Å²) in [5, 5.41) is 11.5. The number of rotatable bonds is 4. The average Bonchev–Trinajstić information content (AvgIpc) is 2.25. The van der Waals surface area contributed by atoms with E-state index in [0.717, 1.165) is 0 Å². The number of amides is 1. The molecule has 0 aliphatic carbocycles. The normalized spacial score (nSPS) is 9.41. The van der Waals surface area contributed by atoms with Crippen LogP contribution < -0.4 is 5.32 Å². The fourth-order valence-corrected chi connectivity index (χ4v) is 1.50. The molecule has 1 aromatic carbocycles. The smallest absolute Gasteiger partial charge is 0.339 e. The highest BCUT2D eigenvalue weighted by atomic mass is 35.5. The molecular weight excluding hydrogens is 242 g/mol. The molecule has 0 fully saturated rings. The number of carbonyl (C=O) groups is 2. The molecule has 1 rings (SSSR count). The summed E-state index contributed by atoms with van der Waals surface area (Å²) in [6.45, 7) is 0. The molecule has 0 aliphatic heterocycles. The van der Waals surface area contributed by atoms with Gasteiger partial charge in [-0.3, -0.25) is 4.79 Å². The van der Waals surface area contributed by atoms with Gasteiger partial charge in [-0.15, -0.1) is 12.3 Å². The lowest BCUT2D eigenvalue weighted by Gasteiger charge is -2.08. The second-order valence-corrected chi connectivity index (χ2v) is 3.63. The second-order valence-electron chi connectivity index (χ2n) is 3.22. The van der Waals surface area contributed by atoms with Crippen LogP contribution in [0.2, 0.25) is 5.02 Å². The SMILES string of the molecule is C#CCCC(=O)Nc1cccc(Cl)c1C(=O)O. The van der Waals surface area contributed by atoms with Crippen molar-refractivity contribution < 1.29 is 14.7 Å². The Morgan fingerprint density at radius 3 is 2.76 bits per heavy atom. The lowest BCUT2D eigenvalue weighted by Crippen LogP contribution is -2.14. The van der Waals surface area contributed by atoms with Gasteiger partial charge in [-0.25, -0.2) is 4.79 Å². The molecule has 17 heavy (non-hydrogen) atoms. The van der Waals surface area contributed by atoms with E-state index >= 15 is 0 Å². The molecule has 4 nitrogen and oxygen atoms in total. The number of aromatic carboxylic acids is 1. The molecular formula is C12H10ClNO3. The Bertz CT molecular complexity index is 491. The third-order valence-electron chi connectivity index (χ3n) is 2.00. The van der Waals surface area contributed by atoms with Gasteiger partial charge in [-0.05, 0) is 12.1 Å². The number of terminal acetylenes is 1. The van der Waals surface area contributed by atoms with Crippen LogP contribution in [0, 0.1) is 12.3 Å². The summed E-state index contributed by atoms with van der Waals surface area (Å²) in [5.41, 5.74) is 0.0512. The Labute approximate surface area is 104 Å². The fraction of sp³-hybridized carbons (Fsp3) is 0.167. The van der Waals surface area contributed by atoms with Gasteiger partial charge in [0.25, 0.3) is 0 Å². The molecule has 0 radical (unpaired) electrons. The Balaban J connectivity index is 2.92. The van der Waals surface area contributed by atoms with E-state index in [2.05, 4.69) is 11.2 Å². The van der Waals surface area contributed by atoms with E-state index in [-0.39, 0.29) is 28.6 Å². The van der Waals surface area contributed by atoms with Crippen LogP contribution in [-0.2, 0) is 4.79 Å². The highest BCUT2D eigenvalue weighted by molar-refractivity contribution is 6.34. The van der Waals surface area contributed by atoms with Crippen LogP contribution in [0.4, 0.5) is 5.69 Å². The number of nitrogens with one attached hydrogen (secondary N) is 1. The van der Waals surface area contributed by atoms with E-state index in [1.165, 1.54) is 12.1 Å². The number of anilines is 1. The minimum atomic E-state index is -1.19. The van der Waals surface area contributed by atoms with E-state index in [4.69, 9.17) is 23.1 Å². The van der Waals surface area contributed by atoms with E-state index < -0.39 is 5.97 Å². The third-order valence-corrected chi connectivity index (χ3v) is 2.31. The number of carboxylic acids is 1. The van der Waals surface area contributed by atoms with E-state index in [0.29, 0.717) is 6.42 Å². The first kappa shape index (κ1) is 13.1. The lowest BCUT2D eigenvalue weighted by atomic mass is 10.1. The van der Waals surface area contributed by atoms with Crippen molar-refractivity contribution in [3.05, 3.63) is 28.8 Å². The maximum Gasteiger partial charge on any atom is 0.339 e. The standard InChI is InChI=1S/C12H10ClNO3/c1-2-3-7-10(15)14-9-6-4-5-8(13)11(9)12(16)17/h1,4-6H,3,7H2,(H,14,15)(H,16,17). The molecule has 0 heterocycles. The summed E-state index contributed by atoms with van der Waals surface area (Å²) < 4.78 is 0. The minimum absolute atomic E-state index is 0.0762. The van der Waals surface area contributed by atoms with Crippen molar-refractivity contribution in [2.75, 3.05) is 5.32 Å². The number of halogens is 1. The van der Waals surface area contributed by atoms with Crippen molar-refractivity contribution in [2.45, 2.75) is 12.8 Å². The van der Waals surface area contributed by atoms with Crippen LogP contribution in [0.3, 0.4) is 0 Å². The van der Waals surface area contributed by atoms with Gasteiger partial charge in [-0.2, -0.15) is 0 Å². The van der Waals surface area contributed by atoms with E-state index in [1.54, 1.807) is 6.07 Å². The predicted octanol–water partition coefficient (Wildman–Crippen LogP) is 2.39. The summed E-state index contributed by atoms with van der Waals surface area (Å²) in [6.07, 6.45) is 5.47. The summed E-state index contributed by atoms with van der Waals surface area (Å²) in [4.78, 5) is 22.4. The van der Waals surface area contributed by atoms with Crippen molar-refractivity contribution >= 4 is 29.2 Å². The maximum atomic E-state index is 11.4. The monoisotopic (exact) mass is 251 g/mol. The molecule has 1 amide bonds. The Kier molecular flexibility index (Phi) is 4.56. The maximum absolute atomic E-state index is 11.4. The first-order valence-corrected chi connectivity index (χ1v) is 5.19. The fourth-order valence-electron chi connectivity index (χ4n) is 1.24. The zero-order valence-corrected chi connectivity index (χ0v) is 9.62. The number of hydrogen-bond acceptors (Lipinski definition) is 2. The Morgan fingerprint density at radius 1 is 1.47 bits per heavy atom. The molecule has 88 valence electrons. The van der Waals surface area contributed by atoms with Gasteiger partial charge in [0, 0.05) is 12.8 Å². The average molecular weight is 252 g/mol. The molecule has 0 aliphatic rings. The van der Waals surface area contributed by atoms with Crippen LogP contribution >= 0.6 is 11.6 Å². The zero-order chi connectivity index (χ0) is 12.8. The zero-order valence-electron chi connectivity index (χ0n) is 8.87. The molecule has 0 unspecified atom stereocenters. The summed E-state index contributed by atoms with van der Waals surface area (Å²) in [6, 6.07) is 4.48. The van der Waals surface area contributed by atoms with Crippen molar-refractivity contribution in [3.8, 4) is 12.3 Å². The van der Waals surface area contributed by atoms with Crippen molar-refractivity contribution in [1.29, 1.82) is 0 Å². The molecule has 0 spiro atoms. The second kappa shape index (κ2) is 5.92. The van der Waals surface area contributed by atoms with Crippen molar-refractivity contribution in [2.24, 2.45) is 0 Å². The molecule has 0 saturated carbocycles. The van der Waals surface area contributed by atoms with Crippen LogP contribution in [0.15, 0.2) is 18.2 Å². The van der Waals surface area contributed by atoms with E-state index in [1.807, 2.05) is 0 Å². The van der Waals surface area contributed by atoms with Crippen LogP contribution in [-0.4, -0.2) is 17.0 Å². The summed E-state index contributed by atoms with van der Waals surface area (Å²) in [7, 11) is 0. The Hall–Kier alpha value is -1.99. The molecule has 0 bridgehead atoms. The lowest BCUT2D eigenvalue weighted by molar-refractivity contribution is -0.116. The highest BCUT2D eigenvalue weighted by Crippen LogP contribution is 2.24. The van der Waals surface area contributed by atoms with Gasteiger partial charge >= 0.3 is 5.97 Å². The molecule has 5 heteroatoms. The third kappa shape index (κ3) is 3.51. The topological polar surface area (TPSA) is 66.4 Å². The summed E-state index contributed by atoms with van der Waals surface area (Å²) in [5.74, 6) is 0.798. The van der Waals surface area contributed by atoms with Crippen molar-refractivity contribution in [3.63, 3.8) is 0 Å². The molecule has 1 aromatic rings. The quantitative estimate of drug-likeness (QED) is 0.808. The first-order valence-electron chi connectivity index (χ1n) is 4.81. The van der Waals surface area contributed by atoms with Crippen molar-refractivity contribution in [1.82, 2.24) is 0 Å². The molecule has 0 aromatic heterocycles. The minimum Gasteiger partial charge on any atom is -0.478 e. The van der Waals surface area contributed by atoms with Crippen LogP contribution in [0.5, 0.6) is 0 Å². The molecule has 0 saturated heterocycles. The number of carbonyl (C=O) groups excluding carboxylic acids is 1. The van der Waals surface area contributed by atoms with Gasteiger partial charge in [0.2, 0.25) is 5.91 Å². The Morgan fingerprint density at radius 2 is 2.18 bits per heavy atom. The predicted molar refractivity (Wildman–Crippen MR) is 65.1 cm³/mol. The van der Waals surface area contributed by atoms with Gasteiger partial charge < -0.3 is 10.4 Å². The first-order chi connectivity index (χ1) is 8.06. The van der Waals surface area contributed by atoms with Gasteiger partial charge in [-0.1, -0.05) is 17.7 Å². The van der Waals surface area contributed by atoms with Gasteiger partial charge in [0.05, 0.1) is 10.7 Å². The van der Waals surface area contributed by atoms with Gasteiger partial charge in [0.1, 0.15) is 5.56 Å². The largest absolute Gasteiger partial charge is 0.478 e. The highest BCUT2D eigenvalue weighted by Gasteiger charge is 2.15. The number of carboxylic acid groups (broad SMARTS) is 1. The van der Waals surface area contributed by atoms with Crippen LogP contribution in [0.25, 0.3) is 0 Å². The van der Waals surface area contributed by atoms with E-state index in [9.17, 15) is 9.59 Å². The number of hydrogen-bond donors (Lipinski definition) is 2.